The number of rotatable bonds is 6. The molecule has 0 radical (unpaired) electrons. The molecule has 1 aromatic carbocycles. The second-order valence-electron chi connectivity index (χ2n) is 6.62. The number of carbonyl (C=O) groups excluding carboxylic acids is 1. The van der Waals surface area contributed by atoms with Gasteiger partial charge < -0.3 is 9.30 Å². The molecule has 0 unspecified atom stereocenters. The van der Waals surface area contributed by atoms with Crippen LogP contribution in [0.3, 0.4) is 0 Å². The Labute approximate surface area is 162 Å². The van der Waals surface area contributed by atoms with E-state index >= 15 is 0 Å². The number of aryl methyl sites for hydroxylation is 1. The van der Waals surface area contributed by atoms with Crippen LogP contribution in [-0.2, 0) is 9.53 Å². The van der Waals surface area contributed by atoms with Gasteiger partial charge in [-0.25, -0.2) is 5.43 Å². The smallest absolute Gasteiger partial charge is 0.269 e. The summed E-state index contributed by atoms with van der Waals surface area (Å²) in [5, 5.41) is 14.9. The Kier molecular flexibility index (Phi) is 6.17. The number of nitro groups is 1. The Bertz CT molecular complexity index is 882. The molecule has 28 heavy (non-hydrogen) atoms. The van der Waals surface area contributed by atoms with Gasteiger partial charge in [0.15, 0.2) is 0 Å². The number of benzene rings is 1. The normalized spacial score (nSPS) is 15.1. The van der Waals surface area contributed by atoms with Gasteiger partial charge in [0, 0.05) is 47.9 Å². The van der Waals surface area contributed by atoms with Gasteiger partial charge in [-0.1, -0.05) is 0 Å². The molecule has 2 aromatic rings. The van der Waals surface area contributed by atoms with Crippen molar-refractivity contribution in [1.29, 1.82) is 0 Å². The zero-order valence-corrected chi connectivity index (χ0v) is 15.9. The molecule has 1 aliphatic rings. The first-order valence-corrected chi connectivity index (χ1v) is 9.01. The van der Waals surface area contributed by atoms with Crippen molar-refractivity contribution in [3.63, 3.8) is 0 Å². The SMILES string of the molecule is Cc1cc(/C=N\NC(=O)CN2CCOCC2)c(C)n1-c1ccc([N+](=O)[O-])cc1. The van der Waals surface area contributed by atoms with E-state index in [0.29, 0.717) is 19.8 Å². The number of hydrazone groups is 1. The molecule has 0 saturated carbocycles. The highest BCUT2D eigenvalue weighted by Gasteiger charge is 2.14. The van der Waals surface area contributed by atoms with Gasteiger partial charge in [-0.15, -0.1) is 0 Å². The monoisotopic (exact) mass is 385 g/mol. The molecule has 1 amide bonds. The van der Waals surface area contributed by atoms with E-state index in [1.165, 1.54) is 12.1 Å². The van der Waals surface area contributed by atoms with Gasteiger partial charge >= 0.3 is 0 Å². The van der Waals surface area contributed by atoms with Gasteiger partial charge in [0.2, 0.25) is 0 Å². The maximum Gasteiger partial charge on any atom is 0.269 e. The van der Waals surface area contributed by atoms with Crippen molar-refractivity contribution < 1.29 is 14.5 Å². The molecular weight excluding hydrogens is 362 g/mol. The second-order valence-corrected chi connectivity index (χ2v) is 6.62. The fraction of sp³-hybridized carbons (Fsp3) is 0.368. The number of carbonyl (C=O) groups is 1. The van der Waals surface area contributed by atoms with Crippen LogP contribution in [0.25, 0.3) is 5.69 Å². The number of amides is 1. The van der Waals surface area contributed by atoms with Gasteiger partial charge in [-0.05, 0) is 32.0 Å². The molecule has 1 fully saturated rings. The Hall–Kier alpha value is -3.04. The Morgan fingerprint density at radius 3 is 2.61 bits per heavy atom. The first kappa shape index (κ1) is 19.7. The minimum Gasteiger partial charge on any atom is -0.379 e. The van der Waals surface area contributed by atoms with Gasteiger partial charge in [0.1, 0.15) is 0 Å². The van der Waals surface area contributed by atoms with E-state index in [1.807, 2.05) is 29.4 Å². The van der Waals surface area contributed by atoms with Gasteiger partial charge in [-0.3, -0.25) is 19.8 Å². The third kappa shape index (κ3) is 4.62. The summed E-state index contributed by atoms with van der Waals surface area (Å²) in [6, 6.07) is 8.34. The molecule has 0 atom stereocenters. The largest absolute Gasteiger partial charge is 0.379 e. The molecule has 1 aliphatic heterocycles. The molecule has 148 valence electrons. The third-order valence-corrected chi connectivity index (χ3v) is 4.65. The average Bonchev–Trinajstić information content (AvgIpc) is 2.96. The van der Waals surface area contributed by atoms with E-state index in [-0.39, 0.29) is 11.6 Å². The molecule has 2 heterocycles. The molecular formula is C19H23N5O4. The summed E-state index contributed by atoms with van der Waals surface area (Å²) >= 11 is 0. The number of hydrogen-bond acceptors (Lipinski definition) is 6. The number of ether oxygens (including phenoxy) is 1. The lowest BCUT2D eigenvalue weighted by atomic mass is 10.2. The van der Waals surface area contributed by atoms with Crippen molar-refractivity contribution in [1.82, 2.24) is 14.9 Å². The second kappa shape index (κ2) is 8.77. The number of nitrogens with zero attached hydrogens (tertiary/aromatic N) is 4. The van der Waals surface area contributed by atoms with Gasteiger partial charge in [0.25, 0.3) is 11.6 Å². The Balaban J connectivity index is 1.66. The molecule has 0 aliphatic carbocycles. The molecule has 9 heteroatoms. The van der Waals surface area contributed by atoms with Crippen molar-refractivity contribution in [2.75, 3.05) is 32.8 Å². The average molecular weight is 385 g/mol. The quantitative estimate of drug-likeness (QED) is 0.464. The van der Waals surface area contributed by atoms with E-state index in [2.05, 4.69) is 10.5 Å². The summed E-state index contributed by atoms with van der Waals surface area (Å²) < 4.78 is 7.25. The fourth-order valence-electron chi connectivity index (χ4n) is 3.21. The van der Waals surface area contributed by atoms with E-state index in [0.717, 1.165) is 35.7 Å². The highest BCUT2D eigenvalue weighted by atomic mass is 16.6. The first-order valence-electron chi connectivity index (χ1n) is 9.01. The lowest BCUT2D eigenvalue weighted by Crippen LogP contribution is -2.42. The lowest BCUT2D eigenvalue weighted by molar-refractivity contribution is -0.384. The topological polar surface area (TPSA) is 102 Å². The highest BCUT2D eigenvalue weighted by molar-refractivity contribution is 5.84. The summed E-state index contributed by atoms with van der Waals surface area (Å²) in [5.41, 5.74) is 6.20. The van der Waals surface area contributed by atoms with Crippen LogP contribution in [0.2, 0.25) is 0 Å². The molecule has 9 nitrogen and oxygen atoms in total. The lowest BCUT2D eigenvalue weighted by Gasteiger charge is -2.25. The summed E-state index contributed by atoms with van der Waals surface area (Å²) in [7, 11) is 0. The first-order chi connectivity index (χ1) is 13.5. The summed E-state index contributed by atoms with van der Waals surface area (Å²) in [4.78, 5) is 24.4. The summed E-state index contributed by atoms with van der Waals surface area (Å²) in [6.45, 7) is 6.95. The fourth-order valence-corrected chi connectivity index (χ4v) is 3.21. The number of nitrogens with one attached hydrogen (secondary N) is 1. The van der Waals surface area contributed by atoms with Crippen molar-refractivity contribution >= 4 is 17.8 Å². The molecule has 1 saturated heterocycles. The van der Waals surface area contributed by atoms with Crippen molar-refractivity contribution in [3.05, 3.63) is 57.4 Å². The predicted molar refractivity (Wildman–Crippen MR) is 105 cm³/mol. The van der Waals surface area contributed by atoms with Crippen LogP contribution < -0.4 is 5.43 Å². The van der Waals surface area contributed by atoms with Crippen LogP contribution in [0.5, 0.6) is 0 Å². The third-order valence-electron chi connectivity index (χ3n) is 4.65. The predicted octanol–water partition coefficient (Wildman–Crippen LogP) is 1.78. The number of morpholine rings is 1. The van der Waals surface area contributed by atoms with Gasteiger partial charge in [-0.2, -0.15) is 5.10 Å². The maximum atomic E-state index is 12.0. The Morgan fingerprint density at radius 1 is 1.29 bits per heavy atom. The highest BCUT2D eigenvalue weighted by Crippen LogP contribution is 2.22. The van der Waals surface area contributed by atoms with E-state index in [1.54, 1.807) is 18.3 Å². The Morgan fingerprint density at radius 2 is 1.96 bits per heavy atom. The standard InChI is InChI=1S/C19H23N5O4/c1-14-11-16(12-20-21-19(25)13-22-7-9-28-10-8-22)15(2)23(14)17-3-5-18(6-4-17)24(26)27/h3-6,11-12H,7-10,13H2,1-2H3,(H,21,25)/b20-12-. The number of hydrogen-bond donors (Lipinski definition) is 1. The summed E-state index contributed by atoms with van der Waals surface area (Å²) in [6.07, 6.45) is 1.61. The van der Waals surface area contributed by atoms with Crippen LogP contribution in [0.1, 0.15) is 17.0 Å². The van der Waals surface area contributed by atoms with Crippen molar-refractivity contribution in [2.24, 2.45) is 5.10 Å². The maximum absolute atomic E-state index is 12.0. The minimum atomic E-state index is -0.420. The molecule has 1 aromatic heterocycles. The minimum absolute atomic E-state index is 0.0518. The van der Waals surface area contributed by atoms with Crippen molar-refractivity contribution in [3.8, 4) is 5.69 Å². The number of non-ortho nitro benzene ring substituents is 1. The van der Waals surface area contributed by atoms with Crippen LogP contribution >= 0.6 is 0 Å². The van der Waals surface area contributed by atoms with E-state index < -0.39 is 4.92 Å². The van der Waals surface area contributed by atoms with Crippen LogP contribution in [0.4, 0.5) is 5.69 Å². The van der Waals surface area contributed by atoms with Crippen LogP contribution in [0, 0.1) is 24.0 Å². The number of nitro benzene ring substituents is 1. The molecule has 3 rings (SSSR count). The summed E-state index contributed by atoms with van der Waals surface area (Å²) in [5.74, 6) is -0.165. The number of aromatic nitrogens is 1. The molecule has 0 bridgehead atoms. The van der Waals surface area contributed by atoms with E-state index in [4.69, 9.17) is 4.74 Å². The zero-order chi connectivity index (χ0) is 20.1. The molecule has 0 spiro atoms. The molecule has 1 N–H and O–H groups in total. The zero-order valence-electron chi connectivity index (χ0n) is 15.9. The van der Waals surface area contributed by atoms with Crippen LogP contribution in [0.15, 0.2) is 35.4 Å². The van der Waals surface area contributed by atoms with Crippen molar-refractivity contribution in [2.45, 2.75) is 13.8 Å². The van der Waals surface area contributed by atoms with Crippen LogP contribution in [-0.4, -0.2) is 59.4 Å². The van der Waals surface area contributed by atoms with Gasteiger partial charge in [0.05, 0.1) is 30.9 Å². The van der Waals surface area contributed by atoms with E-state index in [9.17, 15) is 14.9 Å².